The average Bonchev–Trinajstić information content (AvgIpc) is 2.93. The van der Waals surface area contributed by atoms with E-state index >= 15 is 0 Å². The predicted molar refractivity (Wildman–Crippen MR) is 89.0 cm³/mol. The van der Waals surface area contributed by atoms with Crippen molar-refractivity contribution < 1.29 is 4.74 Å². The molecule has 0 saturated heterocycles. The van der Waals surface area contributed by atoms with Gasteiger partial charge in [-0.15, -0.1) is 0 Å². The average molecular weight is 406 g/mol. The van der Waals surface area contributed by atoms with E-state index in [4.69, 9.17) is 10.6 Å². The van der Waals surface area contributed by atoms with Gasteiger partial charge in [-0.1, -0.05) is 12.8 Å². The van der Waals surface area contributed by atoms with Crippen LogP contribution in [0.25, 0.3) is 0 Å². The Kier molecular flexibility index (Phi) is 5.68. The minimum atomic E-state index is 0.352. The molecule has 0 aliphatic heterocycles. The van der Waals surface area contributed by atoms with Crippen LogP contribution in [0.1, 0.15) is 25.7 Å². The molecule has 1 saturated carbocycles. The van der Waals surface area contributed by atoms with Crippen LogP contribution < -0.4 is 21.3 Å². The van der Waals surface area contributed by atoms with E-state index in [1.165, 1.54) is 12.8 Å². The van der Waals surface area contributed by atoms with Crippen LogP contribution in [-0.4, -0.2) is 19.1 Å². The molecular formula is C13H18Br2N4O. The molecule has 0 spiro atoms. The third kappa shape index (κ3) is 3.86. The van der Waals surface area contributed by atoms with Gasteiger partial charge in [0.05, 0.1) is 23.3 Å². The molecule has 1 aromatic rings. The van der Waals surface area contributed by atoms with Gasteiger partial charge in [0.2, 0.25) is 5.96 Å². The first kappa shape index (κ1) is 15.6. The number of hydrazine groups is 1. The van der Waals surface area contributed by atoms with Crippen molar-refractivity contribution in [3.63, 3.8) is 0 Å². The topological polar surface area (TPSA) is 71.7 Å². The van der Waals surface area contributed by atoms with Crippen LogP contribution in [0.3, 0.4) is 0 Å². The number of benzene rings is 1. The van der Waals surface area contributed by atoms with Crippen LogP contribution in [0.5, 0.6) is 5.75 Å². The summed E-state index contributed by atoms with van der Waals surface area (Å²) < 4.78 is 7.07. The van der Waals surface area contributed by atoms with Crippen LogP contribution in [0.4, 0.5) is 5.69 Å². The summed E-state index contributed by atoms with van der Waals surface area (Å²) in [5.74, 6) is 6.86. The van der Waals surface area contributed by atoms with Gasteiger partial charge in [0, 0.05) is 10.5 Å². The number of anilines is 1. The van der Waals surface area contributed by atoms with Gasteiger partial charge in [-0.05, 0) is 50.8 Å². The summed E-state index contributed by atoms with van der Waals surface area (Å²) >= 11 is 6.95. The number of guanidine groups is 1. The maximum atomic E-state index is 5.55. The molecule has 4 N–H and O–H groups in total. The molecule has 7 heteroatoms. The van der Waals surface area contributed by atoms with E-state index in [2.05, 4.69) is 47.6 Å². The zero-order valence-corrected chi connectivity index (χ0v) is 14.4. The van der Waals surface area contributed by atoms with E-state index in [1.807, 2.05) is 12.1 Å². The molecule has 1 fully saturated rings. The van der Waals surface area contributed by atoms with Gasteiger partial charge in [0.1, 0.15) is 5.75 Å². The maximum Gasteiger partial charge on any atom is 0.210 e. The molecule has 1 aromatic carbocycles. The quantitative estimate of drug-likeness (QED) is 0.312. The van der Waals surface area contributed by atoms with Crippen molar-refractivity contribution >= 4 is 43.5 Å². The molecule has 0 amide bonds. The number of nitrogens with zero attached hydrogens (tertiary/aromatic N) is 1. The third-order valence-corrected chi connectivity index (χ3v) is 4.54. The van der Waals surface area contributed by atoms with Gasteiger partial charge in [-0.3, -0.25) is 5.43 Å². The van der Waals surface area contributed by atoms with Crippen LogP contribution in [0, 0.1) is 0 Å². The van der Waals surface area contributed by atoms with E-state index < -0.39 is 0 Å². The predicted octanol–water partition coefficient (Wildman–Crippen LogP) is 3.39. The standard InChI is InChI=1S/C13H18Br2N4O/c1-20-12-7-11(9(14)6-10(12)15)18-13(19-16)17-8-4-2-3-5-8/h6-8H,2-5,16H2,1H3,(H2,17,18,19). The molecule has 0 heterocycles. The zero-order chi connectivity index (χ0) is 14.5. The van der Waals surface area contributed by atoms with Crippen LogP contribution >= 0.6 is 31.9 Å². The van der Waals surface area contributed by atoms with E-state index in [0.717, 1.165) is 33.2 Å². The molecule has 2 rings (SSSR count). The highest BCUT2D eigenvalue weighted by Crippen LogP contribution is 2.34. The molecule has 0 atom stereocenters. The smallest absolute Gasteiger partial charge is 0.210 e. The maximum absolute atomic E-state index is 5.55. The Hall–Kier alpha value is -0.790. The Bertz CT molecular complexity index is 501. The number of aliphatic imine (C=N–C) groups is 1. The third-order valence-electron chi connectivity index (χ3n) is 3.27. The monoisotopic (exact) mass is 404 g/mol. The molecule has 0 aromatic heterocycles. The summed E-state index contributed by atoms with van der Waals surface area (Å²) in [7, 11) is 1.63. The van der Waals surface area contributed by atoms with Crippen molar-refractivity contribution in [3.8, 4) is 5.75 Å². The fourth-order valence-electron chi connectivity index (χ4n) is 2.23. The highest BCUT2D eigenvalue weighted by Gasteiger charge is 2.15. The second kappa shape index (κ2) is 7.28. The number of ether oxygens (including phenoxy) is 1. The van der Waals surface area contributed by atoms with E-state index in [-0.39, 0.29) is 0 Å². The fourth-order valence-corrected chi connectivity index (χ4v) is 3.49. The SMILES string of the molecule is COc1cc(NC(=NC2CCCC2)NN)c(Br)cc1Br. The molecule has 5 nitrogen and oxygen atoms in total. The van der Waals surface area contributed by atoms with Crippen LogP contribution in [0.2, 0.25) is 0 Å². The van der Waals surface area contributed by atoms with Gasteiger partial charge in [-0.2, -0.15) is 0 Å². The summed E-state index contributed by atoms with van der Waals surface area (Å²) in [6.45, 7) is 0. The first-order valence-electron chi connectivity index (χ1n) is 6.48. The summed E-state index contributed by atoms with van der Waals surface area (Å²) in [5, 5.41) is 3.19. The normalized spacial score (nSPS) is 16.3. The summed E-state index contributed by atoms with van der Waals surface area (Å²) in [4.78, 5) is 4.60. The van der Waals surface area contributed by atoms with Crippen molar-refractivity contribution in [2.75, 3.05) is 12.4 Å². The Morgan fingerprint density at radius 2 is 2.00 bits per heavy atom. The summed E-state index contributed by atoms with van der Waals surface area (Å²) in [5.41, 5.74) is 3.47. The van der Waals surface area contributed by atoms with Crippen molar-refractivity contribution in [2.24, 2.45) is 10.8 Å². The summed E-state index contributed by atoms with van der Waals surface area (Å²) in [6, 6.07) is 4.16. The highest BCUT2D eigenvalue weighted by atomic mass is 79.9. The fraction of sp³-hybridized carbons (Fsp3) is 0.462. The molecule has 20 heavy (non-hydrogen) atoms. The zero-order valence-electron chi connectivity index (χ0n) is 11.2. The lowest BCUT2D eigenvalue weighted by Gasteiger charge is -2.14. The number of halogens is 2. The molecule has 1 aliphatic carbocycles. The Morgan fingerprint density at radius 3 is 2.60 bits per heavy atom. The Labute approximate surface area is 135 Å². The minimum Gasteiger partial charge on any atom is -0.495 e. The second-order valence-electron chi connectivity index (χ2n) is 4.65. The molecular weight excluding hydrogens is 388 g/mol. The molecule has 110 valence electrons. The van der Waals surface area contributed by atoms with Gasteiger partial charge in [0.25, 0.3) is 0 Å². The van der Waals surface area contributed by atoms with E-state index in [1.54, 1.807) is 7.11 Å². The number of nitrogens with two attached hydrogens (primary N) is 1. The van der Waals surface area contributed by atoms with Crippen molar-refractivity contribution in [2.45, 2.75) is 31.7 Å². The first-order valence-corrected chi connectivity index (χ1v) is 8.07. The van der Waals surface area contributed by atoms with E-state index in [9.17, 15) is 0 Å². The van der Waals surface area contributed by atoms with Gasteiger partial charge in [-0.25, -0.2) is 10.8 Å². The number of hydrogen-bond donors (Lipinski definition) is 3. The molecule has 0 bridgehead atoms. The van der Waals surface area contributed by atoms with Crippen LogP contribution in [-0.2, 0) is 0 Å². The lowest BCUT2D eigenvalue weighted by molar-refractivity contribution is 0.412. The second-order valence-corrected chi connectivity index (χ2v) is 6.36. The molecule has 1 aliphatic rings. The van der Waals surface area contributed by atoms with Crippen molar-refractivity contribution in [1.29, 1.82) is 0 Å². The van der Waals surface area contributed by atoms with Crippen molar-refractivity contribution in [1.82, 2.24) is 5.43 Å². The largest absolute Gasteiger partial charge is 0.495 e. The molecule has 0 unspecified atom stereocenters. The first-order chi connectivity index (χ1) is 9.63. The van der Waals surface area contributed by atoms with E-state index in [0.29, 0.717) is 12.0 Å². The Morgan fingerprint density at radius 1 is 1.30 bits per heavy atom. The van der Waals surface area contributed by atoms with Gasteiger partial charge in [0.15, 0.2) is 0 Å². The lowest BCUT2D eigenvalue weighted by atomic mass is 10.3. The van der Waals surface area contributed by atoms with Crippen LogP contribution in [0.15, 0.2) is 26.1 Å². The number of nitrogens with one attached hydrogen (secondary N) is 2. The van der Waals surface area contributed by atoms with Crippen molar-refractivity contribution in [3.05, 3.63) is 21.1 Å². The minimum absolute atomic E-state index is 0.352. The number of hydrogen-bond acceptors (Lipinski definition) is 3. The number of rotatable bonds is 3. The Balaban J connectivity index is 2.18. The molecule has 0 radical (unpaired) electrons. The van der Waals surface area contributed by atoms with Gasteiger partial charge >= 0.3 is 0 Å². The number of methoxy groups -OCH3 is 1. The highest BCUT2D eigenvalue weighted by molar-refractivity contribution is 9.11. The summed E-state index contributed by atoms with van der Waals surface area (Å²) in [6.07, 6.45) is 4.72. The lowest BCUT2D eigenvalue weighted by Crippen LogP contribution is -2.37. The van der Waals surface area contributed by atoms with Gasteiger partial charge < -0.3 is 10.1 Å².